The Bertz CT molecular complexity index is 345. The third-order valence-electron chi connectivity index (χ3n) is 3.89. The van der Waals surface area contributed by atoms with E-state index in [4.69, 9.17) is 10.5 Å². The van der Waals surface area contributed by atoms with Crippen LogP contribution in [-0.2, 0) is 14.3 Å². The Kier molecular flexibility index (Phi) is 4.74. The van der Waals surface area contributed by atoms with Gasteiger partial charge in [0.15, 0.2) is 0 Å². The van der Waals surface area contributed by atoms with Crippen LogP contribution in [0.4, 0.5) is 4.39 Å². The Morgan fingerprint density at radius 3 is 2.58 bits per heavy atom. The normalized spacial score (nSPS) is 28.6. The van der Waals surface area contributed by atoms with Crippen LogP contribution in [0.15, 0.2) is 0 Å². The zero-order valence-corrected chi connectivity index (χ0v) is 11.0. The summed E-state index contributed by atoms with van der Waals surface area (Å²) in [7, 11) is 0. The second-order valence-electron chi connectivity index (χ2n) is 5.37. The Hall–Kier alpha value is -1.17. The molecule has 5 nitrogen and oxygen atoms in total. The van der Waals surface area contributed by atoms with E-state index in [0.29, 0.717) is 0 Å². The van der Waals surface area contributed by atoms with E-state index in [1.54, 1.807) is 0 Å². The van der Waals surface area contributed by atoms with Gasteiger partial charge in [-0.15, -0.1) is 0 Å². The standard InChI is InChI=1S/C13H21FN2O3/c14-9-6-11(13(15)18)16(7-9)12(17)8-19-10-4-2-1-3-5-10/h9-11H,1-8H2,(H2,15,18)/t9-,11+/m1/s1. The number of halogens is 1. The van der Waals surface area contributed by atoms with Crippen LogP contribution in [0, 0.1) is 0 Å². The SMILES string of the molecule is NC(=O)[C@@H]1C[C@@H](F)CN1C(=O)COC1CCCCC1. The van der Waals surface area contributed by atoms with E-state index < -0.39 is 18.1 Å². The molecule has 0 unspecified atom stereocenters. The average Bonchev–Trinajstić information content (AvgIpc) is 2.79. The second-order valence-corrected chi connectivity index (χ2v) is 5.37. The van der Waals surface area contributed by atoms with Crippen molar-refractivity contribution in [3.63, 3.8) is 0 Å². The zero-order valence-electron chi connectivity index (χ0n) is 11.0. The number of carbonyl (C=O) groups excluding carboxylic acids is 2. The lowest BCUT2D eigenvalue weighted by molar-refractivity contribution is -0.143. The molecule has 2 atom stereocenters. The van der Waals surface area contributed by atoms with Gasteiger partial charge in [0.05, 0.1) is 12.6 Å². The van der Waals surface area contributed by atoms with Gasteiger partial charge in [-0.05, 0) is 12.8 Å². The van der Waals surface area contributed by atoms with Gasteiger partial charge < -0.3 is 15.4 Å². The van der Waals surface area contributed by atoms with Crippen molar-refractivity contribution in [3.05, 3.63) is 0 Å². The highest BCUT2D eigenvalue weighted by Gasteiger charge is 2.38. The molecular weight excluding hydrogens is 251 g/mol. The summed E-state index contributed by atoms with van der Waals surface area (Å²) in [5.74, 6) is -0.985. The number of ether oxygens (including phenoxy) is 1. The summed E-state index contributed by atoms with van der Waals surface area (Å²) in [6.45, 7) is -0.137. The number of rotatable bonds is 4. The van der Waals surface area contributed by atoms with Crippen LogP contribution in [0.5, 0.6) is 0 Å². The molecule has 2 amide bonds. The van der Waals surface area contributed by atoms with Crippen molar-refractivity contribution < 1.29 is 18.7 Å². The van der Waals surface area contributed by atoms with E-state index in [2.05, 4.69) is 0 Å². The number of carbonyl (C=O) groups is 2. The molecule has 0 spiro atoms. The van der Waals surface area contributed by atoms with Crippen molar-refractivity contribution in [2.75, 3.05) is 13.2 Å². The number of nitrogens with two attached hydrogens (primary N) is 1. The van der Waals surface area contributed by atoms with E-state index >= 15 is 0 Å². The molecule has 2 rings (SSSR count). The van der Waals surface area contributed by atoms with Crippen molar-refractivity contribution in [2.45, 2.75) is 56.8 Å². The molecule has 1 heterocycles. The maximum Gasteiger partial charge on any atom is 0.249 e. The molecule has 0 aromatic rings. The van der Waals surface area contributed by atoms with Gasteiger partial charge in [0.1, 0.15) is 18.8 Å². The predicted molar refractivity (Wildman–Crippen MR) is 67.0 cm³/mol. The molecule has 19 heavy (non-hydrogen) atoms. The molecule has 108 valence electrons. The fourth-order valence-corrected chi connectivity index (χ4v) is 2.83. The minimum absolute atomic E-state index is 0.00447. The smallest absolute Gasteiger partial charge is 0.249 e. The highest BCUT2D eigenvalue weighted by atomic mass is 19.1. The van der Waals surface area contributed by atoms with Crippen LogP contribution < -0.4 is 5.73 Å². The first kappa shape index (κ1) is 14.2. The van der Waals surface area contributed by atoms with Crippen molar-refractivity contribution in [2.24, 2.45) is 5.73 Å². The first-order chi connectivity index (χ1) is 9.08. The first-order valence-corrected chi connectivity index (χ1v) is 6.92. The van der Waals surface area contributed by atoms with Crippen LogP contribution in [-0.4, -0.2) is 48.2 Å². The predicted octanol–water partition coefficient (Wildman–Crippen LogP) is 0.760. The van der Waals surface area contributed by atoms with Crippen LogP contribution in [0.3, 0.4) is 0 Å². The highest BCUT2D eigenvalue weighted by Crippen LogP contribution is 2.22. The summed E-state index contributed by atoms with van der Waals surface area (Å²) in [6.07, 6.45) is 4.36. The van der Waals surface area contributed by atoms with Gasteiger partial charge in [0, 0.05) is 6.42 Å². The maximum absolute atomic E-state index is 13.3. The number of alkyl halides is 1. The van der Waals surface area contributed by atoms with Crippen LogP contribution in [0.25, 0.3) is 0 Å². The van der Waals surface area contributed by atoms with Crippen molar-refractivity contribution in [1.82, 2.24) is 4.90 Å². The number of nitrogens with zero attached hydrogens (tertiary/aromatic N) is 1. The molecule has 2 fully saturated rings. The van der Waals surface area contributed by atoms with E-state index in [0.717, 1.165) is 25.7 Å². The molecule has 2 aliphatic rings. The monoisotopic (exact) mass is 272 g/mol. The number of primary amides is 1. The Morgan fingerprint density at radius 1 is 1.26 bits per heavy atom. The molecule has 1 aliphatic carbocycles. The minimum atomic E-state index is -1.17. The molecule has 6 heteroatoms. The van der Waals surface area contributed by atoms with Gasteiger partial charge >= 0.3 is 0 Å². The molecule has 1 saturated carbocycles. The van der Waals surface area contributed by atoms with Crippen LogP contribution in [0.1, 0.15) is 38.5 Å². The molecule has 1 aliphatic heterocycles. The third-order valence-corrected chi connectivity index (χ3v) is 3.89. The van der Waals surface area contributed by atoms with Gasteiger partial charge in [-0.3, -0.25) is 9.59 Å². The fraction of sp³-hybridized carbons (Fsp3) is 0.846. The molecule has 2 N–H and O–H groups in total. The van der Waals surface area contributed by atoms with Gasteiger partial charge in [-0.2, -0.15) is 0 Å². The summed E-state index contributed by atoms with van der Waals surface area (Å²) in [5.41, 5.74) is 5.19. The van der Waals surface area contributed by atoms with E-state index in [9.17, 15) is 14.0 Å². The van der Waals surface area contributed by atoms with Crippen molar-refractivity contribution >= 4 is 11.8 Å². The lowest BCUT2D eigenvalue weighted by Gasteiger charge is -2.25. The molecule has 0 radical (unpaired) electrons. The van der Waals surface area contributed by atoms with E-state index in [1.807, 2.05) is 0 Å². The molecule has 0 aromatic heterocycles. The average molecular weight is 272 g/mol. The lowest BCUT2D eigenvalue weighted by atomic mass is 9.98. The Labute approximate surface area is 112 Å². The first-order valence-electron chi connectivity index (χ1n) is 6.92. The summed E-state index contributed by atoms with van der Waals surface area (Å²) in [5, 5.41) is 0. The van der Waals surface area contributed by atoms with Gasteiger partial charge in [0.25, 0.3) is 0 Å². The molecular formula is C13H21FN2O3. The summed E-state index contributed by atoms with van der Waals surface area (Å²) in [6, 6.07) is -0.822. The maximum atomic E-state index is 13.3. The summed E-state index contributed by atoms with van der Waals surface area (Å²) < 4.78 is 18.9. The number of hydrogen-bond donors (Lipinski definition) is 1. The van der Waals surface area contributed by atoms with Crippen molar-refractivity contribution in [1.29, 1.82) is 0 Å². The second kappa shape index (κ2) is 6.32. The fourth-order valence-electron chi connectivity index (χ4n) is 2.83. The van der Waals surface area contributed by atoms with Gasteiger partial charge in [-0.25, -0.2) is 4.39 Å². The number of hydrogen-bond acceptors (Lipinski definition) is 3. The summed E-state index contributed by atoms with van der Waals surface area (Å²) >= 11 is 0. The largest absolute Gasteiger partial charge is 0.368 e. The highest BCUT2D eigenvalue weighted by molar-refractivity contribution is 5.87. The quantitative estimate of drug-likeness (QED) is 0.821. The lowest BCUT2D eigenvalue weighted by Crippen LogP contribution is -2.45. The zero-order chi connectivity index (χ0) is 13.8. The van der Waals surface area contributed by atoms with Gasteiger partial charge in [0.2, 0.25) is 11.8 Å². The molecule has 0 bridgehead atoms. The van der Waals surface area contributed by atoms with Gasteiger partial charge in [-0.1, -0.05) is 19.3 Å². The number of likely N-dealkylation sites (tertiary alicyclic amines) is 1. The van der Waals surface area contributed by atoms with E-state index in [-0.39, 0.29) is 31.6 Å². The Balaban J connectivity index is 1.82. The molecule has 1 saturated heterocycles. The Morgan fingerprint density at radius 2 is 1.95 bits per heavy atom. The minimum Gasteiger partial charge on any atom is -0.368 e. The van der Waals surface area contributed by atoms with Crippen LogP contribution in [0.2, 0.25) is 0 Å². The van der Waals surface area contributed by atoms with E-state index in [1.165, 1.54) is 11.3 Å². The summed E-state index contributed by atoms with van der Waals surface area (Å²) in [4.78, 5) is 24.4. The number of amides is 2. The third kappa shape index (κ3) is 3.65. The topological polar surface area (TPSA) is 72.6 Å². The molecule has 0 aromatic carbocycles. The van der Waals surface area contributed by atoms with Crippen LogP contribution >= 0.6 is 0 Å². The van der Waals surface area contributed by atoms with Crippen molar-refractivity contribution in [3.8, 4) is 0 Å².